The van der Waals surface area contributed by atoms with E-state index in [2.05, 4.69) is 17.2 Å². The van der Waals surface area contributed by atoms with Crippen molar-refractivity contribution in [3.63, 3.8) is 0 Å². The Morgan fingerprint density at radius 1 is 1.29 bits per heavy atom. The summed E-state index contributed by atoms with van der Waals surface area (Å²) in [5.74, 6) is 0.635. The number of carbonyl (C=O) groups excluding carboxylic acids is 2. The minimum absolute atomic E-state index is 0.0560. The molecule has 0 saturated carbocycles. The molecular formula is C16H20N2O3. The highest BCUT2D eigenvalue weighted by molar-refractivity contribution is 5.86. The maximum atomic E-state index is 11.8. The van der Waals surface area contributed by atoms with Crippen molar-refractivity contribution in [3.8, 4) is 5.75 Å². The van der Waals surface area contributed by atoms with Crippen molar-refractivity contribution in [1.29, 1.82) is 0 Å². The van der Waals surface area contributed by atoms with E-state index in [-0.39, 0.29) is 11.8 Å². The van der Waals surface area contributed by atoms with Gasteiger partial charge < -0.3 is 15.4 Å². The molecule has 1 aromatic rings. The molecule has 0 aliphatic carbocycles. The molecule has 2 N–H and O–H groups in total. The first-order valence-corrected chi connectivity index (χ1v) is 7.10. The third-order valence-electron chi connectivity index (χ3n) is 3.27. The molecule has 0 radical (unpaired) electrons. The lowest BCUT2D eigenvalue weighted by Gasteiger charge is -2.17. The van der Waals surface area contributed by atoms with Gasteiger partial charge in [-0.15, -0.1) is 0 Å². The van der Waals surface area contributed by atoms with Gasteiger partial charge in [0.15, 0.2) is 0 Å². The summed E-state index contributed by atoms with van der Waals surface area (Å²) in [6, 6.07) is 5.89. The number of ether oxygens (including phenoxy) is 1. The molecule has 21 heavy (non-hydrogen) atoms. The van der Waals surface area contributed by atoms with Crippen LogP contribution in [0.5, 0.6) is 5.75 Å². The van der Waals surface area contributed by atoms with E-state index in [1.165, 1.54) is 11.6 Å². The molecule has 0 atom stereocenters. The van der Waals surface area contributed by atoms with Crippen molar-refractivity contribution >= 4 is 11.8 Å². The molecule has 0 spiro atoms. The first kappa shape index (κ1) is 15.1. The number of amides is 2. The lowest BCUT2D eigenvalue weighted by Crippen LogP contribution is -2.34. The number of benzene rings is 1. The first-order chi connectivity index (χ1) is 10.2. The molecule has 2 rings (SSSR count). The van der Waals surface area contributed by atoms with Gasteiger partial charge in [-0.2, -0.15) is 0 Å². The number of fused-ring (bicyclic) bond motifs is 1. The van der Waals surface area contributed by atoms with Gasteiger partial charge in [-0.1, -0.05) is 18.7 Å². The number of rotatable bonds is 6. The maximum Gasteiger partial charge on any atom is 0.243 e. The molecule has 0 aromatic heterocycles. The Kier molecular flexibility index (Phi) is 5.37. The third kappa shape index (κ3) is 4.63. The zero-order valence-electron chi connectivity index (χ0n) is 12.0. The third-order valence-corrected chi connectivity index (χ3v) is 3.27. The van der Waals surface area contributed by atoms with Crippen LogP contribution in [0.4, 0.5) is 0 Å². The summed E-state index contributed by atoms with van der Waals surface area (Å²) in [6.45, 7) is 4.93. The molecule has 0 bridgehead atoms. The summed E-state index contributed by atoms with van der Waals surface area (Å²) in [7, 11) is 0. The van der Waals surface area contributed by atoms with Crippen molar-refractivity contribution in [1.82, 2.24) is 10.6 Å². The second-order valence-corrected chi connectivity index (χ2v) is 4.92. The molecule has 1 heterocycles. The Hall–Kier alpha value is -2.30. The smallest absolute Gasteiger partial charge is 0.243 e. The molecule has 112 valence electrons. The van der Waals surface area contributed by atoms with Crippen molar-refractivity contribution in [2.75, 3.05) is 19.7 Å². The lowest BCUT2D eigenvalue weighted by molar-refractivity contribution is -0.121. The number of hydrogen-bond acceptors (Lipinski definition) is 3. The summed E-state index contributed by atoms with van der Waals surface area (Å²) in [5.41, 5.74) is 2.15. The van der Waals surface area contributed by atoms with Crippen LogP contribution in [0.2, 0.25) is 0 Å². The normalized spacial score (nSPS) is 12.8. The van der Waals surface area contributed by atoms with Gasteiger partial charge in [0.05, 0.1) is 13.0 Å². The Morgan fingerprint density at radius 2 is 2.10 bits per heavy atom. The van der Waals surface area contributed by atoms with E-state index in [0.29, 0.717) is 19.5 Å². The summed E-state index contributed by atoms with van der Waals surface area (Å²) in [6.07, 6.45) is 3.56. The molecule has 5 heteroatoms. The Morgan fingerprint density at radius 3 is 2.90 bits per heavy atom. The highest BCUT2D eigenvalue weighted by Gasteiger charge is 2.11. The number of hydrogen-bond donors (Lipinski definition) is 2. The molecule has 1 aliphatic rings. The molecular weight excluding hydrogens is 268 g/mol. The second kappa shape index (κ2) is 7.47. The van der Waals surface area contributed by atoms with Crippen LogP contribution in [0.25, 0.3) is 0 Å². The van der Waals surface area contributed by atoms with Crippen molar-refractivity contribution in [2.24, 2.45) is 0 Å². The van der Waals surface area contributed by atoms with Crippen LogP contribution in [0, 0.1) is 0 Å². The summed E-state index contributed by atoms with van der Waals surface area (Å²) in [5, 5.41) is 5.38. The predicted octanol–water partition coefficient (Wildman–Crippen LogP) is 0.972. The minimum atomic E-state index is -0.237. The van der Waals surface area contributed by atoms with E-state index in [1.54, 1.807) is 0 Å². The van der Waals surface area contributed by atoms with Crippen molar-refractivity contribution < 1.29 is 14.3 Å². The van der Waals surface area contributed by atoms with Crippen LogP contribution in [0.3, 0.4) is 0 Å². The van der Waals surface area contributed by atoms with Gasteiger partial charge in [-0.05, 0) is 36.1 Å². The predicted molar refractivity (Wildman–Crippen MR) is 80.2 cm³/mol. The summed E-state index contributed by atoms with van der Waals surface area (Å²) in [4.78, 5) is 22.7. The van der Waals surface area contributed by atoms with Gasteiger partial charge in [-0.25, -0.2) is 0 Å². The number of carbonyl (C=O) groups is 2. The standard InChI is InChI=1S/C16H20N2O3/c1-2-15(19)17-7-8-18-16(20)11-12-5-6-14-13(10-12)4-3-9-21-14/h2,5-6,10H,1,3-4,7-9,11H2,(H,17,19)(H,18,20). The van der Waals surface area contributed by atoms with Gasteiger partial charge in [0.1, 0.15) is 5.75 Å². The maximum absolute atomic E-state index is 11.8. The quantitative estimate of drug-likeness (QED) is 0.605. The van der Waals surface area contributed by atoms with Crippen LogP contribution in [0.1, 0.15) is 17.5 Å². The SMILES string of the molecule is C=CC(=O)NCCNC(=O)Cc1ccc2c(c1)CCCO2. The summed E-state index contributed by atoms with van der Waals surface area (Å²) >= 11 is 0. The Labute approximate surface area is 124 Å². The molecule has 2 amide bonds. The average molecular weight is 288 g/mol. The van der Waals surface area contributed by atoms with Crippen molar-refractivity contribution in [2.45, 2.75) is 19.3 Å². The average Bonchev–Trinajstić information content (AvgIpc) is 2.51. The number of nitrogens with one attached hydrogen (secondary N) is 2. The minimum Gasteiger partial charge on any atom is -0.493 e. The molecule has 1 aliphatic heterocycles. The first-order valence-electron chi connectivity index (χ1n) is 7.10. The van der Waals surface area contributed by atoms with E-state index in [9.17, 15) is 9.59 Å². The molecule has 5 nitrogen and oxygen atoms in total. The van der Waals surface area contributed by atoms with E-state index in [0.717, 1.165) is 30.8 Å². The van der Waals surface area contributed by atoms with Crippen LogP contribution in [-0.2, 0) is 22.4 Å². The topological polar surface area (TPSA) is 67.4 Å². The second-order valence-electron chi connectivity index (χ2n) is 4.92. The van der Waals surface area contributed by atoms with Crippen molar-refractivity contribution in [3.05, 3.63) is 42.0 Å². The van der Waals surface area contributed by atoms with E-state index in [1.807, 2.05) is 18.2 Å². The summed E-state index contributed by atoms with van der Waals surface area (Å²) < 4.78 is 5.55. The van der Waals surface area contributed by atoms with Gasteiger partial charge in [0.25, 0.3) is 0 Å². The van der Waals surface area contributed by atoms with E-state index >= 15 is 0 Å². The van der Waals surface area contributed by atoms with E-state index < -0.39 is 0 Å². The molecule has 0 saturated heterocycles. The largest absolute Gasteiger partial charge is 0.493 e. The molecule has 1 aromatic carbocycles. The van der Waals surface area contributed by atoms with Crippen LogP contribution < -0.4 is 15.4 Å². The lowest BCUT2D eigenvalue weighted by atomic mass is 10.0. The monoisotopic (exact) mass is 288 g/mol. The number of aryl methyl sites for hydroxylation is 1. The van der Waals surface area contributed by atoms with E-state index in [4.69, 9.17) is 4.74 Å². The van der Waals surface area contributed by atoms with Gasteiger partial charge in [0.2, 0.25) is 11.8 Å². The molecule has 0 fully saturated rings. The highest BCUT2D eigenvalue weighted by atomic mass is 16.5. The van der Waals surface area contributed by atoms with Gasteiger partial charge in [-0.3, -0.25) is 9.59 Å². The molecule has 0 unspecified atom stereocenters. The highest BCUT2D eigenvalue weighted by Crippen LogP contribution is 2.25. The Bertz CT molecular complexity index is 540. The fourth-order valence-electron chi connectivity index (χ4n) is 2.23. The zero-order chi connectivity index (χ0) is 15.1. The van der Waals surface area contributed by atoms with Gasteiger partial charge in [0, 0.05) is 13.1 Å². The van der Waals surface area contributed by atoms with Crippen LogP contribution >= 0.6 is 0 Å². The van der Waals surface area contributed by atoms with Gasteiger partial charge >= 0.3 is 0 Å². The fraction of sp³-hybridized carbons (Fsp3) is 0.375. The van der Waals surface area contributed by atoms with Crippen LogP contribution in [0.15, 0.2) is 30.9 Å². The zero-order valence-corrected chi connectivity index (χ0v) is 12.0. The van der Waals surface area contributed by atoms with Crippen LogP contribution in [-0.4, -0.2) is 31.5 Å². The fourth-order valence-corrected chi connectivity index (χ4v) is 2.23. The Balaban J connectivity index is 1.77.